The van der Waals surface area contributed by atoms with E-state index in [0.717, 1.165) is 44.3 Å². The standard InChI is InChI=1S/C21H32N6O.HI/c1-17(18-7-5-4-6-8-18)26-21(10-13-28-14-11-21)16-24-20(22-2)23-15-19-9-12-25-27(19)3;/h4-9,12,17,26H,10-11,13-16H2,1-3H3,(H2,22,23,24);1H. The highest BCUT2D eigenvalue weighted by Gasteiger charge is 2.34. The topological polar surface area (TPSA) is 75.5 Å². The Labute approximate surface area is 190 Å². The largest absolute Gasteiger partial charge is 0.381 e. The average molecular weight is 512 g/mol. The summed E-state index contributed by atoms with van der Waals surface area (Å²) in [4.78, 5) is 4.38. The number of aryl methyl sites for hydroxylation is 1. The summed E-state index contributed by atoms with van der Waals surface area (Å²) < 4.78 is 7.50. The van der Waals surface area contributed by atoms with Crippen LogP contribution >= 0.6 is 24.0 Å². The number of nitrogens with one attached hydrogen (secondary N) is 3. The number of benzene rings is 1. The van der Waals surface area contributed by atoms with Crippen molar-refractivity contribution in [3.63, 3.8) is 0 Å². The minimum atomic E-state index is -0.0301. The van der Waals surface area contributed by atoms with Crippen LogP contribution in [-0.2, 0) is 18.3 Å². The second-order valence-corrected chi connectivity index (χ2v) is 7.39. The van der Waals surface area contributed by atoms with E-state index in [1.54, 1.807) is 13.2 Å². The van der Waals surface area contributed by atoms with Crippen molar-refractivity contribution in [2.75, 3.05) is 26.8 Å². The van der Waals surface area contributed by atoms with Gasteiger partial charge in [-0.2, -0.15) is 5.10 Å². The number of halogens is 1. The van der Waals surface area contributed by atoms with Crippen molar-refractivity contribution in [2.45, 2.75) is 37.9 Å². The van der Waals surface area contributed by atoms with E-state index in [2.05, 4.69) is 63.3 Å². The fourth-order valence-corrected chi connectivity index (χ4v) is 3.64. The number of hydrogen-bond donors (Lipinski definition) is 3. The Bertz CT molecular complexity index is 758. The molecule has 1 atom stereocenters. The van der Waals surface area contributed by atoms with E-state index in [9.17, 15) is 0 Å². The fourth-order valence-electron chi connectivity index (χ4n) is 3.64. The third kappa shape index (κ3) is 6.68. The number of aromatic nitrogens is 2. The van der Waals surface area contributed by atoms with Gasteiger partial charge in [0.1, 0.15) is 0 Å². The van der Waals surface area contributed by atoms with Crippen LogP contribution in [0.3, 0.4) is 0 Å². The smallest absolute Gasteiger partial charge is 0.191 e. The molecular weight excluding hydrogens is 479 g/mol. The minimum Gasteiger partial charge on any atom is -0.381 e. The molecule has 1 aromatic heterocycles. The molecule has 1 unspecified atom stereocenters. The SMILES string of the molecule is CN=C(NCc1ccnn1C)NCC1(NC(C)c2ccccc2)CCOCC1.I. The molecule has 29 heavy (non-hydrogen) atoms. The number of nitrogens with zero attached hydrogens (tertiary/aromatic N) is 3. The summed E-state index contributed by atoms with van der Waals surface area (Å²) in [6.07, 6.45) is 3.74. The zero-order valence-corrected chi connectivity index (χ0v) is 19.8. The summed E-state index contributed by atoms with van der Waals surface area (Å²) in [6.45, 7) is 5.25. The first-order valence-corrected chi connectivity index (χ1v) is 9.94. The van der Waals surface area contributed by atoms with Crippen molar-refractivity contribution in [1.29, 1.82) is 0 Å². The highest BCUT2D eigenvalue weighted by atomic mass is 127. The third-order valence-corrected chi connectivity index (χ3v) is 5.45. The van der Waals surface area contributed by atoms with Gasteiger partial charge < -0.3 is 20.7 Å². The van der Waals surface area contributed by atoms with Crippen LogP contribution in [0.2, 0.25) is 0 Å². The molecule has 1 aliphatic heterocycles. The van der Waals surface area contributed by atoms with Gasteiger partial charge in [-0.3, -0.25) is 9.67 Å². The van der Waals surface area contributed by atoms with Gasteiger partial charge in [0.15, 0.2) is 5.96 Å². The number of hydrogen-bond acceptors (Lipinski definition) is 4. The molecule has 1 fully saturated rings. The van der Waals surface area contributed by atoms with Gasteiger partial charge in [0.25, 0.3) is 0 Å². The first-order valence-electron chi connectivity index (χ1n) is 9.94. The average Bonchev–Trinajstić information content (AvgIpc) is 3.14. The predicted molar refractivity (Wildman–Crippen MR) is 128 cm³/mol. The van der Waals surface area contributed by atoms with E-state index in [1.807, 2.05) is 17.8 Å². The first kappa shape index (κ1) is 23.6. The molecule has 0 bridgehead atoms. The van der Waals surface area contributed by atoms with E-state index in [-0.39, 0.29) is 35.6 Å². The second-order valence-electron chi connectivity index (χ2n) is 7.39. The van der Waals surface area contributed by atoms with Crippen molar-refractivity contribution >= 4 is 29.9 Å². The van der Waals surface area contributed by atoms with Gasteiger partial charge in [-0.15, -0.1) is 24.0 Å². The van der Waals surface area contributed by atoms with Gasteiger partial charge in [0.2, 0.25) is 0 Å². The van der Waals surface area contributed by atoms with Crippen molar-refractivity contribution in [3.05, 3.63) is 53.9 Å². The molecule has 7 nitrogen and oxygen atoms in total. The molecule has 8 heteroatoms. The quantitative estimate of drug-likeness (QED) is 0.302. The molecule has 0 spiro atoms. The maximum atomic E-state index is 5.63. The number of aliphatic imine (C=N–C) groups is 1. The van der Waals surface area contributed by atoms with Crippen LogP contribution in [0.1, 0.15) is 37.1 Å². The van der Waals surface area contributed by atoms with Crippen LogP contribution in [0.4, 0.5) is 0 Å². The summed E-state index contributed by atoms with van der Waals surface area (Å²) in [7, 11) is 3.74. The minimum absolute atomic E-state index is 0. The van der Waals surface area contributed by atoms with Crippen LogP contribution in [0.5, 0.6) is 0 Å². The summed E-state index contributed by atoms with van der Waals surface area (Å²) >= 11 is 0. The van der Waals surface area contributed by atoms with Crippen molar-refractivity contribution in [2.24, 2.45) is 12.0 Å². The molecule has 1 saturated heterocycles. The van der Waals surface area contributed by atoms with Crippen LogP contribution in [0.25, 0.3) is 0 Å². The summed E-state index contributed by atoms with van der Waals surface area (Å²) in [5.41, 5.74) is 2.38. The number of ether oxygens (including phenoxy) is 1. The maximum absolute atomic E-state index is 5.63. The zero-order valence-electron chi connectivity index (χ0n) is 17.5. The first-order chi connectivity index (χ1) is 13.6. The third-order valence-electron chi connectivity index (χ3n) is 5.45. The van der Waals surface area contributed by atoms with Crippen LogP contribution in [0, 0.1) is 0 Å². The molecule has 0 amide bonds. The lowest BCUT2D eigenvalue weighted by molar-refractivity contribution is 0.0355. The van der Waals surface area contributed by atoms with E-state index >= 15 is 0 Å². The Morgan fingerprint density at radius 3 is 2.55 bits per heavy atom. The van der Waals surface area contributed by atoms with Crippen molar-refractivity contribution in [1.82, 2.24) is 25.7 Å². The normalized spacial score (nSPS) is 17.3. The Hall–Kier alpha value is -1.65. The number of rotatable bonds is 7. The second kappa shape index (κ2) is 11.5. The molecule has 0 saturated carbocycles. The highest BCUT2D eigenvalue weighted by molar-refractivity contribution is 14.0. The van der Waals surface area contributed by atoms with Crippen molar-refractivity contribution < 1.29 is 4.74 Å². The Balaban J connectivity index is 0.00000300. The Kier molecular flexibility index (Phi) is 9.38. The van der Waals surface area contributed by atoms with Gasteiger partial charge in [-0.1, -0.05) is 30.3 Å². The predicted octanol–water partition coefficient (Wildman–Crippen LogP) is 2.60. The van der Waals surface area contributed by atoms with E-state index in [0.29, 0.717) is 6.54 Å². The van der Waals surface area contributed by atoms with E-state index in [1.165, 1.54) is 5.56 Å². The molecule has 1 aromatic carbocycles. The van der Waals surface area contributed by atoms with Crippen LogP contribution < -0.4 is 16.0 Å². The summed E-state index contributed by atoms with van der Waals surface area (Å²) in [6, 6.07) is 12.9. The molecule has 0 aliphatic carbocycles. The van der Waals surface area contributed by atoms with Gasteiger partial charge in [-0.25, -0.2) is 0 Å². The van der Waals surface area contributed by atoms with E-state index in [4.69, 9.17) is 4.74 Å². The molecule has 2 heterocycles. The molecule has 3 N–H and O–H groups in total. The van der Waals surface area contributed by atoms with Crippen LogP contribution in [-0.4, -0.2) is 48.1 Å². The molecule has 160 valence electrons. The highest BCUT2D eigenvalue weighted by Crippen LogP contribution is 2.25. The zero-order chi connectivity index (χ0) is 19.8. The van der Waals surface area contributed by atoms with Gasteiger partial charge in [0.05, 0.1) is 12.2 Å². The lowest BCUT2D eigenvalue weighted by Gasteiger charge is -2.41. The number of guanidine groups is 1. The van der Waals surface area contributed by atoms with Crippen LogP contribution in [0.15, 0.2) is 47.6 Å². The lowest BCUT2D eigenvalue weighted by Crippen LogP contribution is -2.58. The maximum Gasteiger partial charge on any atom is 0.191 e. The molecule has 3 rings (SSSR count). The van der Waals surface area contributed by atoms with Crippen molar-refractivity contribution in [3.8, 4) is 0 Å². The Morgan fingerprint density at radius 2 is 1.93 bits per heavy atom. The molecule has 0 radical (unpaired) electrons. The molecule has 2 aromatic rings. The Morgan fingerprint density at radius 1 is 1.21 bits per heavy atom. The summed E-state index contributed by atoms with van der Waals surface area (Å²) in [5, 5.41) is 15.0. The molecule has 1 aliphatic rings. The van der Waals surface area contributed by atoms with Gasteiger partial charge >= 0.3 is 0 Å². The monoisotopic (exact) mass is 512 g/mol. The fraction of sp³-hybridized carbons (Fsp3) is 0.524. The summed E-state index contributed by atoms with van der Waals surface area (Å²) in [5.74, 6) is 0.793. The van der Waals surface area contributed by atoms with Gasteiger partial charge in [0, 0.05) is 51.6 Å². The van der Waals surface area contributed by atoms with Gasteiger partial charge in [-0.05, 0) is 31.4 Å². The lowest BCUT2D eigenvalue weighted by atomic mass is 9.88. The van der Waals surface area contributed by atoms with E-state index < -0.39 is 0 Å². The molecular formula is C21H33IN6O.